The molecule has 46 heavy (non-hydrogen) atoms. The minimum Gasteiger partial charge on any atom is -0.441 e. The molecule has 5 saturated carbocycles. The highest BCUT2D eigenvalue weighted by atomic mass is 16.7. The number of alkyl carbamates (subject to hydrolysis) is 1. The van der Waals surface area contributed by atoms with Gasteiger partial charge in [-0.05, 0) is 116 Å². The van der Waals surface area contributed by atoms with Crippen molar-refractivity contribution in [3.8, 4) is 0 Å². The fraction of sp³-hybridized carbons (Fsp3) is 0.973. The number of morpholine rings is 1. The first-order valence-electron chi connectivity index (χ1n) is 18.7. The van der Waals surface area contributed by atoms with Crippen molar-refractivity contribution < 1.29 is 33.6 Å². The van der Waals surface area contributed by atoms with E-state index < -0.39 is 11.7 Å². The summed E-state index contributed by atoms with van der Waals surface area (Å²) in [4.78, 5) is 14.7. The SMILES string of the molecule is C[C@@H]1CC([C@@H]2NC(=O)OC2(C)C)OC2C1C1(C)CC[C@@]34CC35CC[C@H](OC3CN(C6COC6)CCO3)C(C)(C)C5CCC4C1[C@H]2O. The Hall–Kier alpha value is -0.970. The fourth-order valence-electron chi connectivity index (χ4n) is 14.2. The Bertz CT molecular complexity index is 1260. The number of nitrogens with one attached hydrogen (secondary N) is 1. The maximum absolute atomic E-state index is 12.3. The number of carbonyl (C=O) groups is 1. The van der Waals surface area contributed by atoms with Crippen LogP contribution in [0.4, 0.5) is 4.79 Å². The average molecular weight is 643 g/mol. The van der Waals surface area contributed by atoms with Gasteiger partial charge in [0.15, 0.2) is 6.29 Å². The van der Waals surface area contributed by atoms with Gasteiger partial charge in [-0.25, -0.2) is 4.79 Å². The summed E-state index contributed by atoms with van der Waals surface area (Å²) in [5.41, 5.74) is 0.267. The van der Waals surface area contributed by atoms with Gasteiger partial charge in [-0.2, -0.15) is 0 Å². The number of aliphatic hydroxyl groups is 1. The van der Waals surface area contributed by atoms with Gasteiger partial charge in [-0.15, -0.1) is 0 Å². The number of cyclic esters (lactones) is 1. The molecule has 9 rings (SSSR count). The van der Waals surface area contributed by atoms with Crippen molar-refractivity contribution in [2.45, 2.75) is 141 Å². The first kappa shape index (κ1) is 31.0. The van der Waals surface area contributed by atoms with Crippen molar-refractivity contribution in [1.82, 2.24) is 10.2 Å². The van der Waals surface area contributed by atoms with Crippen molar-refractivity contribution >= 4 is 6.09 Å². The topological polar surface area (TPSA) is 98.7 Å². The van der Waals surface area contributed by atoms with E-state index in [2.05, 4.69) is 37.9 Å². The lowest BCUT2D eigenvalue weighted by Crippen LogP contribution is -2.58. The number of rotatable bonds is 4. The van der Waals surface area contributed by atoms with E-state index in [-0.39, 0.29) is 53.5 Å². The van der Waals surface area contributed by atoms with E-state index in [9.17, 15) is 9.90 Å². The highest BCUT2D eigenvalue weighted by molar-refractivity contribution is 5.71. The molecule has 0 aromatic rings. The maximum atomic E-state index is 12.3. The Kier molecular flexibility index (Phi) is 6.79. The van der Waals surface area contributed by atoms with Crippen LogP contribution in [0.1, 0.15) is 92.9 Å². The van der Waals surface area contributed by atoms with Gasteiger partial charge in [-0.3, -0.25) is 4.90 Å². The van der Waals surface area contributed by atoms with Crippen LogP contribution in [0.15, 0.2) is 0 Å². The van der Waals surface area contributed by atoms with Gasteiger partial charge in [-0.1, -0.05) is 27.7 Å². The van der Waals surface area contributed by atoms with Crippen LogP contribution in [-0.4, -0.2) is 97.4 Å². The standard InChI is InChI=1S/C37H58N2O7/c1-20-15-23(31-34(4,5)46-32(41)38-31)44-30-27(20)35(6)11-12-36-19-37(36)10-9-25(45-26-16-39(13-14-43-26)21-17-42-18-21)33(2,3)24(37)8-7-22(36)28(35)29(30)40/h20-31,40H,7-19H2,1-6H3,(H,38,41)/t20-,22?,23?,24?,25+,26?,27?,28?,29-,30?,31+,35?,36+,37?/m1/s1. The molecule has 4 heterocycles. The van der Waals surface area contributed by atoms with Crippen LogP contribution in [0.2, 0.25) is 0 Å². The largest absolute Gasteiger partial charge is 0.441 e. The normalized spacial score (nSPS) is 55.5. The lowest BCUT2D eigenvalue weighted by molar-refractivity contribution is -0.254. The van der Waals surface area contributed by atoms with Crippen molar-refractivity contribution in [1.29, 1.82) is 0 Å². The molecule has 14 atom stereocenters. The van der Waals surface area contributed by atoms with E-state index in [4.69, 9.17) is 23.7 Å². The molecule has 2 spiro atoms. The molecule has 0 radical (unpaired) electrons. The molecule has 258 valence electrons. The molecule has 9 fully saturated rings. The number of ether oxygens (including phenoxy) is 5. The summed E-state index contributed by atoms with van der Waals surface area (Å²) in [6.07, 6.45) is 8.38. The lowest BCUT2D eigenvalue weighted by Gasteiger charge is -2.60. The number of hydrogen-bond donors (Lipinski definition) is 2. The highest BCUT2D eigenvalue weighted by Gasteiger charge is 2.82. The molecule has 2 N–H and O–H groups in total. The molecular weight excluding hydrogens is 584 g/mol. The minimum absolute atomic E-state index is 0.0808. The first-order valence-corrected chi connectivity index (χ1v) is 18.7. The van der Waals surface area contributed by atoms with Gasteiger partial charge in [0, 0.05) is 6.54 Å². The molecule has 4 aliphatic heterocycles. The third kappa shape index (κ3) is 4.05. The Balaban J connectivity index is 0.934. The second kappa shape index (κ2) is 10.1. The molecule has 9 unspecified atom stereocenters. The van der Waals surface area contributed by atoms with Gasteiger partial charge >= 0.3 is 6.09 Å². The molecule has 0 aromatic heterocycles. The van der Waals surface area contributed by atoms with Gasteiger partial charge in [0.2, 0.25) is 0 Å². The van der Waals surface area contributed by atoms with E-state index in [1.54, 1.807) is 0 Å². The predicted octanol–water partition coefficient (Wildman–Crippen LogP) is 4.74. The third-order valence-corrected chi connectivity index (χ3v) is 16.2. The van der Waals surface area contributed by atoms with E-state index >= 15 is 0 Å². The Morgan fingerprint density at radius 3 is 2.52 bits per heavy atom. The van der Waals surface area contributed by atoms with Crippen molar-refractivity contribution in [3.63, 3.8) is 0 Å². The van der Waals surface area contributed by atoms with Gasteiger partial charge in [0.1, 0.15) is 5.60 Å². The summed E-state index contributed by atoms with van der Waals surface area (Å²) in [5, 5.41) is 15.4. The monoisotopic (exact) mass is 642 g/mol. The Labute approximate surface area is 275 Å². The molecular formula is C37H58N2O7. The van der Waals surface area contributed by atoms with Crippen LogP contribution in [0.3, 0.4) is 0 Å². The Morgan fingerprint density at radius 2 is 1.80 bits per heavy atom. The van der Waals surface area contributed by atoms with E-state index in [0.29, 0.717) is 40.5 Å². The Morgan fingerprint density at radius 1 is 1.00 bits per heavy atom. The summed E-state index contributed by atoms with van der Waals surface area (Å²) in [6.45, 7) is 18.0. The van der Waals surface area contributed by atoms with Crippen molar-refractivity contribution in [2.75, 3.05) is 32.9 Å². The van der Waals surface area contributed by atoms with E-state index in [1.807, 2.05) is 13.8 Å². The highest BCUT2D eigenvalue weighted by Crippen LogP contribution is 2.87. The summed E-state index contributed by atoms with van der Waals surface area (Å²) >= 11 is 0. The smallest absolute Gasteiger partial charge is 0.408 e. The van der Waals surface area contributed by atoms with Crippen LogP contribution in [-0.2, 0) is 23.7 Å². The van der Waals surface area contributed by atoms with Crippen LogP contribution in [0.5, 0.6) is 0 Å². The van der Waals surface area contributed by atoms with Gasteiger partial charge in [0.05, 0.1) is 62.9 Å². The van der Waals surface area contributed by atoms with Crippen molar-refractivity contribution in [3.05, 3.63) is 0 Å². The number of aliphatic hydroxyl groups excluding tert-OH is 1. The molecule has 9 heteroatoms. The van der Waals surface area contributed by atoms with E-state index in [0.717, 1.165) is 45.8 Å². The van der Waals surface area contributed by atoms with Crippen LogP contribution < -0.4 is 5.32 Å². The van der Waals surface area contributed by atoms with Crippen LogP contribution in [0, 0.1) is 51.2 Å². The first-order chi connectivity index (χ1) is 21.8. The van der Waals surface area contributed by atoms with Crippen LogP contribution >= 0.6 is 0 Å². The number of amides is 1. The third-order valence-electron chi connectivity index (χ3n) is 16.2. The number of carbonyl (C=O) groups excluding carboxylic acids is 1. The lowest BCUT2D eigenvalue weighted by atomic mass is 9.45. The van der Waals surface area contributed by atoms with Gasteiger partial charge in [0.25, 0.3) is 0 Å². The zero-order valence-electron chi connectivity index (χ0n) is 29.0. The van der Waals surface area contributed by atoms with Gasteiger partial charge < -0.3 is 34.1 Å². The zero-order chi connectivity index (χ0) is 32.0. The second-order valence-corrected chi connectivity index (χ2v) is 18.7. The van der Waals surface area contributed by atoms with E-state index in [1.165, 1.54) is 38.5 Å². The number of fused-ring (bicyclic) bond motifs is 4. The number of hydrogen-bond acceptors (Lipinski definition) is 8. The minimum atomic E-state index is -0.624. The predicted molar refractivity (Wildman–Crippen MR) is 170 cm³/mol. The summed E-state index contributed by atoms with van der Waals surface area (Å²) in [5.74, 6) is 2.23. The molecule has 0 aromatic carbocycles. The van der Waals surface area contributed by atoms with Crippen molar-refractivity contribution in [2.24, 2.45) is 51.2 Å². The zero-order valence-corrected chi connectivity index (χ0v) is 29.0. The molecule has 1 amide bonds. The molecule has 5 aliphatic carbocycles. The molecule has 0 bridgehead atoms. The molecule has 9 aliphatic rings. The maximum Gasteiger partial charge on any atom is 0.408 e. The summed E-state index contributed by atoms with van der Waals surface area (Å²) in [7, 11) is 0. The summed E-state index contributed by atoms with van der Waals surface area (Å²) in [6, 6.07) is 0.322. The fourth-order valence-corrected chi connectivity index (χ4v) is 14.2. The average Bonchev–Trinajstić information content (AvgIpc) is 3.45. The quantitative estimate of drug-likeness (QED) is 0.454. The van der Waals surface area contributed by atoms with Crippen LogP contribution in [0.25, 0.3) is 0 Å². The molecule has 9 nitrogen and oxygen atoms in total. The summed E-state index contributed by atoms with van der Waals surface area (Å²) < 4.78 is 31.1. The second-order valence-electron chi connectivity index (χ2n) is 18.7. The molecule has 4 saturated heterocycles. The number of nitrogens with zero attached hydrogens (tertiary/aromatic N) is 1.